The second kappa shape index (κ2) is 13.3. The summed E-state index contributed by atoms with van der Waals surface area (Å²) in [5.41, 5.74) is 11.2. The number of hydrogen-bond acceptors (Lipinski definition) is 13. The van der Waals surface area contributed by atoms with Gasteiger partial charge in [0.05, 0.1) is 6.61 Å². The molecule has 0 spiro atoms. The second-order valence-electron chi connectivity index (χ2n) is 8.43. The van der Waals surface area contributed by atoms with E-state index in [1.165, 1.54) is 0 Å². The molecule has 41 heavy (non-hydrogen) atoms. The smallest absolute Gasteiger partial charge is 0.444 e. The molecule has 1 fully saturated rings. The maximum atomic E-state index is 13.6. The first-order chi connectivity index (χ1) is 19.3. The number of nitrogens with zero attached hydrogens (tertiary/aromatic N) is 6. The molecule has 0 saturated carbocycles. The predicted molar refractivity (Wildman–Crippen MR) is 129 cm³/mol. The van der Waals surface area contributed by atoms with Crippen LogP contribution in [0.5, 0.6) is 0 Å². The molecule has 2 aromatic rings. The Morgan fingerprint density at radius 1 is 1.37 bits per heavy atom. The lowest BCUT2D eigenvalue weighted by atomic mass is 10.1. The molecule has 1 saturated heterocycles. The average Bonchev–Trinajstić information content (AvgIpc) is 3.15. The van der Waals surface area contributed by atoms with Gasteiger partial charge in [-0.05, 0) is 24.1 Å². The van der Waals surface area contributed by atoms with Crippen LogP contribution in [-0.2, 0) is 30.1 Å². The summed E-state index contributed by atoms with van der Waals surface area (Å²) in [6.07, 6.45) is -13.7. The number of aliphatic hydroxyl groups excluding tert-OH is 2. The highest BCUT2D eigenvalue weighted by atomic mass is 31.1. The van der Waals surface area contributed by atoms with E-state index in [4.69, 9.17) is 20.7 Å². The van der Waals surface area contributed by atoms with E-state index in [1.54, 1.807) is 30.3 Å². The zero-order valence-corrected chi connectivity index (χ0v) is 21.8. The summed E-state index contributed by atoms with van der Waals surface area (Å²) in [4.78, 5) is 42.3. The SMILES string of the molecule is C[C@H](N=[P+]([O-])OC(OC[C@@]1(N=[N+]=[N-])O[C@@H](n2ccc(N)nc2=O)[C@H](O)[C@@H]1O)C(F)(F)F)C(=O)OCc1ccccc1. The van der Waals surface area contributed by atoms with Crippen molar-refractivity contribution in [2.75, 3.05) is 12.3 Å². The van der Waals surface area contributed by atoms with Crippen LogP contribution in [0.4, 0.5) is 19.0 Å². The van der Waals surface area contributed by atoms with Crippen molar-refractivity contribution >= 4 is 20.0 Å². The van der Waals surface area contributed by atoms with E-state index in [0.29, 0.717) is 10.1 Å². The number of nitrogen functional groups attached to an aromatic ring is 1. The number of anilines is 1. The van der Waals surface area contributed by atoms with Crippen molar-refractivity contribution in [3.8, 4) is 0 Å². The van der Waals surface area contributed by atoms with E-state index in [9.17, 15) is 37.9 Å². The highest BCUT2D eigenvalue weighted by Crippen LogP contribution is 2.40. The first-order valence-corrected chi connectivity index (χ1v) is 12.6. The number of nitrogens with two attached hydrogens (primary N) is 1. The first-order valence-electron chi connectivity index (χ1n) is 11.5. The van der Waals surface area contributed by atoms with Gasteiger partial charge in [-0.15, -0.1) is 4.52 Å². The summed E-state index contributed by atoms with van der Waals surface area (Å²) in [6, 6.07) is 8.06. The quantitative estimate of drug-likeness (QED) is 0.0815. The monoisotopic (exact) mass is 605 g/mol. The second-order valence-corrected chi connectivity index (χ2v) is 9.35. The van der Waals surface area contributed by atoms with Gasteiger partial charge in [-0.2, -0.15) is 18.2 Å². The van der Waals surface area contributed by atoms with Crippen molar-refractivity contribution in [2.45, 2.75) is 56.2 Å². The Morgan fingerprint density at radius 2 is 2.05 bits per heavy atom. The third kappa shape index (κ3) is 7.96. The zero-order chi connectivity index (χ0) is 30.4. The molecule has 2 unspecified atom stereocenters. The lowest BCUT2D eigenvalue weighted by molar-refractivity contribution is -0.307. The molecular formula is C21H23F3N7O9P. The summed E-state index contributed by atoms with van der Waals surface area (Å²) < 4.78 is 64.2. The van der Waals surface area contributed by atoms with Crippen LogP contribution >= 0.6 is 8.17 Å². The normalized spacial score (nSPS) is 24.4. The third-order valence-electron chi connectivity index (χ3n) is 5.47. The Morgan fingerprint density at radius 3 is 2.66 bits per heavy atom. The van der Waals surface area contributed by atoms with Gasteiger partial charge in [0.1, 0.15) is 24.6 Å². The standard InChI is InChI=1S/C21H23F3N7O9P/c1-11(17(34)37-9-12-5-3-2-4-6-12)28-41(36)40-18(21(22,23)24)38-10-20(29-30-26)15(33)14(32)16(39-20)31-8-7-13(25)27-19(31)35/h2-8,11,14-16,18,32-33H,9-10H2,1H3,(H2,25,27,35)/t11-,14+,15-,16+,18?,20+/m0/s1. The third-order valence-corrected chi connectivity index (χ3v) is 6.38. The molecule has 222 valence electrons. The summed E-state index contributed by atoms with van der Waals surface area (Å²) in [5.74, 6) is -1.20. The van der Waals surface area contributed by atoms with Gasteiger partial charge in [0.15, 0.2) is 12.3 Å². The van der Waals surface area contributed by atoms with E-state index in [0.717, 1.165) is 19.2 Å². The molecule has 3 rings (SSSR count). The lowest BCUT2D eigenvalue weighted by Gasteiger charge is -2.28. The van der Waals surface area contributed by atoms with Crippen LogP contribution in [0.25, 0.3) is 10.4 Å². The van der Waals surface area contributed by atoms with Crippen molar-refractivity contribution in [1.82, 2.24) is 9.55 Å². The maximum absolute atomic E-state index is 13.6. The van der Waals surface area contributed by atoms with Crippen molar-refractivity contribution < 1.29 is 51.8 Å². The lowest BCUT2D eigenvalue weighted by Crippen LogP contribution is -2.47. The number of carbonyl (C=O) groups excluding carboxylic acids is 1. The average molecular weight is 605 g/mol. The van der Waals surface area contributed by atoms with Gasteiger partial charge in [-0.3, -0.25) is 4.57 Å². The number of carbonyl (C=O) groups is 1. The molecule has 1 aromatic carbocycles. The number of halogens is 3. The van der Waals surface area contributed by atoms with Crippen LogP contribution in [-0.4, -0.2) is 68.8 Å². The Balaban J connectivity index is 1.72. The highest BCUT2D eigenvalue weighted by molar-refractivity contribution is 7.33. The number of alkyl halides is 3. The number of hydrogen-bond donors (Lipinski definition) is 3. The summed E-state index contributed by atoms with van der Waals surface area (Å²) in [5, 5.41) is 24.1. The number of aromatic nitrogens is 2. The van der Waals surface area contributed by atoms with E-state index in [-0.39, 0.29) is 12.4 Å². The number of aliphatic hydroxyl groups is 2. The number of azide groups is 1. The Bertz CT molecular complexity index is 1360. The summed E-state index contributed by atoms with van der Waals surface area (Å²) >= 11 is 0. The topological polar surface area (TPSA) is 240 Å². The van der Waals surface area contributed by atoms with Gasteiger partial charge in [-0.1, -0.05) is 40.2 Å². The number of benzene rings is 1. The molecule has 0 radical (unpaired) electrons. The number of ether oxygens (including phenoxy) is 3. The van der Waals surface area contributed by atoms with Gasteiger partial charge in [0.2, 0.25) is 5.72 Å². The molecule has 1 aliphatic rings. The van der Waals surface area contributed by atoms with E-state index in [1.807, 2.05) is 0 Å². The van der Waals surface area contributed by atoms with Crippen LogP contribution in [0.15, 0.2) is 57.2 Å². The van der Waals surface area contributed by atoms with Gasteiger partial charge in [0.25, 0.3) is 0 Å². The molecule has 1 aromatic heterocycles. The molecule has 1 aliphatic heterocycles. The first kappa shape index (κ1) is 31.9. The fourth-order valence-corrected chi connectivity index (χ4v) is 4.22. The molecule has 7 atom stereocenters. The molecule has 0 bridgehead atoms. The molecular weight excluding hydrogens is 582 g/mol. The minimum atomic E-state index is -5.35. The fraction of sp³-hybridized carbons (Fsp3) is 0.476. The Kier molecular flexibility index (Phi) is 10.4. The van der Waals surface area contributed by atoms with E-state index in [2.05, 4.69) is 29.0 Å². The van der Waals surface area contributed by atoms with E-state index >= 15 is 0 Å². The van der Waals surface area contributed by atoms with Crippen molar-refractivity contribution in [1.29, 1.82) is 0 Å². The van der Waals surface area contributed by atoms with Gasteiger partial charge in [-0.25, -0.2) is 9.59 Å². The van der Waals surface area contributed by atoms with Crippen LogP contribution in [0.3, 0.4) is 0 Å². The Hall–Kier alpha value is -3.67. The van der Waals surface area contributed by atoms with Crippen molar-refractivity contribution in [3.63, 3.8) is 0 Å². The molecule has 0 amide bonds. The van der Waals surface area contributed by atoms with Crippen molar-refractivity contribution in [3.05, 3.63) is 69.1 Å². The maximum Gasteiger partial charge on any atom is 0.444 e. The fourth-order valence-electron chi connectivity index (χ4n) is 3.45. The van der Waals surface area contributed by atoms with Crippen LogP contribution in [0.1, 0.15) is 18.7 Å². The van der Waals surface area contributed by atoms with Gasteiger partial charge in [0, 0.05) is 11.1 Å². The van der Waals surface area contributed by atoms with Crippen LogP contribution in [0, 0.1) is 0 Å². The van der Waals surface area contributed by atoms with Gasteiger partial charge >= 0.3 is 32.3 Å². The molecule has 16 nitrogen and oxygen atoms in total. The predicted octanol–water partition coefficient (Wildman–Crippen LogP) is 0.992. The summed E-state index contributed by atoms with van der Waals surface area (Å²) in [7, 11) is -3.53. The molecule has 4 N–H and O–H groups in total. The largest absolute Gasteiger partial charge is 0.583 e. The minimum Gasteiger partial charge on any atom is -0.583 e. The molecule has 0 aliphatic carbocycles. The highest BCUT2D eigenvalue weighted by Gasteiger charge is 2.57. The van der Waals surface area contributed by atoms with E-state index < -0.39 is 69.1 Å². The van der Waals surface area contributed by atoms with Crippen LogP contribution in [0.2, 0.25) is 0 Å². The number of esters is 1. The summed E-state index contributed by atoms with van der Waals surface area (Å²) in [6.45, 7) is -0.464. The van der Waals surface area contributed by atoms with Crippen LogP contribution < -0.4 is 16.3 Å². The van der Waals surface area contributed by atoms with Gasteiger partial charge < -0.3 is 35.1 Å². The Labute approximate surface area is 229 Å². The molecule has 20 heteroatoms. The molecule has 2 heterocycles. The minimum absolute atomic E-state index is 0.166. The zero-order valence-electron chi connectivity index (χ0n) is 20.9. The van der Waals surface area contributed by atoms with Crippen molar-refractivity contribution in [2.24, 2.45) is 9.86 Å². The number of rotatable bonds is 11.